The number of pyridine rings is 1. The lowest BCUT2D eigenvalue weighted by Gasteiger charge is -2.26. The summed E-state index contributed by atoms with van der Waals surface area (Å²) in [5.74, 6) is 0.811. The molecule has 2 aliphatic rings. The summed E-state index contributed by atoms with van der Waals surface area (Å²) in [6.45, 7) is 6.47. The van der Waals surface area contributed by atoms with Crippen molar-refractivity contribution >= 4 is 5.97 Å². The standard InChI is InChI=1S/C34H38N4O2/c1-3-23-19-22(11-14-27(23)24-15-17-35-18-16-24)20-26-13-12-25-7-5-8-28(33(25)26)30-9-6-10-32(37-30)38-31(4-2)29(21-36-38)34(39)40/h5-11,14,19,21,24,26,35H,3-4,12-13,15-18,20H2,1-2H3,(H,39,40). The molecule has 2 aromatic heterocycles. The van der Waals surface area contributed by atoms with Crippen LogP contribution in [0.1, 0.15) is 88.8 Å². The molecule has 1 atom stereocenters. The summed E-state index contributed by atoms with van der Waals surface area (Å²) < 4.78 is 1.67. The monoisotopic (exact) mass is 534 g/mol. The Hall–Kier alpha value is -3.77. The number of carbonyl (C=O) groups is 1. The number of hydrogen-bond donors (Lipinski definition) is 2. The van der Waals surface area contributed by atoms with Crippen LogP contribution in [0, 0.1) is 0 Å². The molecular weight excluding hydrogens is 496 g/mol. The molecule has 0 saturated carbocycles. The topological polar surface area (TPSA) is 80.0 Å². The third-order valence-electron chi connectivity index (χ3n) is 8.88. The van der Waals surface area contributed by atoms with E-state index in [0.29, 0.717) is 29.8 Å². The lowest BCUT2D eigenvalue weighted by Crippen LogP contribution is -2.27. The predicted octanol–water partition coefficient (Wildman–Crippen LogP) is 6.50. The van der Waals surface area contributed by atoms with Crippen LogP contribution in [-0.2, 0) is 25.7 Å². The summed E-state index contributed by atoms with van der Waals surface area (Å²) in [4.78, 5) is 16.7. The second-order valence-electron chi connectivity index (χ2n) is 11.2. The van der Waals surface area contributed by atoms with Gasteiger partial charge in [-0.15, -0.1) is 0 Å². The summed E-state index contributed by atoms with van der Waals surface area (Å²) in [5.41, 5.74) is 10.3. The lowest BCUT2D eigenvalue weighted by molar-refractivity contribution is 0.0695. The summed E-state index contributed by atoms with van der Waals surface area (Å²) in [6, 6.07) is 19.8. The quantitative estimate of drug-likeness (QED) is 0.270. The Bertz CT molecular complexity index is 1530. The molecule has 4 aromatic rings. The van der Waals surface area contributed by atoms with Crippen LogP contribution in [0.25, 0.3) is 17.1 Å². The minimum absolute atomic E-state index is 0.230. The Morgan fingerprint density at radius 2 is 1.85 bits per heavy atom. The fourth-order valence-electron chi connectivity index (χ4n) is 6.90. The molecule has 1 aliphatic heterocycles. The van der Waals surface area contributed by atoms with Gasteiger partial charge in [0.05, 0.1) is 17.6 Å². The molecule has 2 N–H and O–H groups in total. The molecule has 206 valence electrons. The van der Waals surface area contributed by atoms with Gasteiger partial charge >= 0.3 is 5.97 Å². The highest BCUT2D eigenvalue weighted by Gasteiger charge is 2.27. The van der Waals surface area contributed by atoms with Gasteiger partial charge in [0.15, 0.2) is 5.82 Å². The third kappa shape index (κ3) is 4.97. The van der Waals surface area contributed by atoms with Gasteiger partial charge < -0.3 is 10.4 Å². The molecular formula is C34H38N4O2. The fraction of sp³-hybridized carbons (Fsp3) is 0.382. The Kier molecular flexibility index (Phi) is 7.53. The molecule has 0 bridgehead atoms. The van der Waals surface area contributed by atoms with E-state index in [1.807, 2.05) is 19.1 Å². The van der Waals surface area contributed by atoms with E-state index in [0.717, 1.165) is 44.5 Å². The highest BCUT2D eigenvalue weighted by atomic mass is 16.4. The second-order valence-corrected chi connectivity index (χ2v) is 11.2. The van der Waals surface area contributed by atoms with Crippen molar-refractivity contribution < 1.29 is 9.90 Å². The number of carboxylic acids is 1. The average Bonchev–Trinajstić information content (AvgIpc) is 3.62. The second kappa shape index (κ2) is 11.4. The first-order valence-electron chi connectivity index (χ1n) is 14.8. The number of nitrogens with one attached hydrogen (secondary N) is 1. The van der Waals surface area contributed by atoms with E-state index in [2.05, 4.69) is 59.8 Å². The molecule has 6 nitrogen and oxygen atoms in total. The van der Waals surface area contributed by atoms with Gasteiger partial charge in [-0.3, -0.25) is 0 Å². The van der Waals surface area contributed by atoms with Crippen molar-refractivity contribution in [1.29, 1.82) is 0 Å². The van der Waals surface area contributed by atoms with Gasteiger partial charge in [0, 0.05) is 5.56 Å². The summed E-state index contributed by atoms with van der Waals surface area (Å²) in [7, 11) is 0. The Morgan fingerprint density at radius 3 is 2.62 bits per heavy atom. The zero-order valence-corrected chi connectivity index (χ0v) is 23.5. The van der Waals surface area contributed by atoms with Crippen LogP contribution >= 0.6 is 0 Å². The van der Waals surface area contributed by atoms with E-state index < -0.39 is 5.97 Å². The van der Waals surface area contributed by atoms with Crippen LogP contribution in [0.3, 0.4) is 0 Å². The van der Waals surface area contributed by atoms with Crippen molar-refractivity contribution in [3.8, 4) is 17.1 Å². The van der Waals surface area contributed by atoms with E-state index in [1.54, 1.807) is 10.2 Å². The van der Waals surface area contributed by atoms with Crippen LogP contribution in [0.2, 0.25) is 0 Å². The largest absolute Gasteiger partial charge is 0.478 e. The maximum atomic E-state index is 11.7. The molecule has 1 saturated heterocycles. The van der Waals surface area contributed by atoms with E-state index in [-0.39, 0.29) is 5.56 Å². The molecule has 0 radical (unpaired) electrons. The van der Waals surface area contributed by atoms with Gasteiger partial charge in [-0.1, -0.05) is 56.3 Å². The number of fused-ring (bicyclic) bond motifs is 1. The number of hydrogen-bond acceptors (Lipinski definition) is 4. The van der Waals surface area contributed by atoms with Gasteiger partial charge in [-0.2, -0.15) is 5.10 Å². The Morgan fingerprint density at radius 1 is 1.02 bits per heavy atom. The van der Waals surface area contributed by atoms with Crippen molar-refractivity contribution in [2.75, 3.05) is 13.1 Å². The number of aryl methyl sites for hydroxylation is 2. The average molecular weight is 535 g/mol. The minimum Gasteiger partial charge on any atom is -0.478 e. The third-order valence-corrected chi connectivity index (χ3v) is 8.88. The normalized spacial score (nSPS) is 17.2. The van der Waals surface area contributed by atoms with Gasteiger partial charge in [-0.05, 0) is 110 Å². The first kappa shape index (κ1) is 26.5. The molecule has 0 spiro atoms. The first-order chi connectivity index (χ1) is 19.6. The molecule has 6 rings (SSSR count). The van der Waals surface area contributed by atoms with E-state index >= 15 is 0 Å². The van der Waals surface area contributed by atoms with Gasteiger partial charge in [0.1, 0.15) is 5.56 Å². The number of rotatable bonds is 8. The predicted molar refractivity (Wildman–Crippen MR) is 159 cm³/mol. The molecule has 40 heavy (non-hydrogen) atoms. The van der Waals surface area contributed by atoms with Gasteiger partial charge in [0.2, 0.25) is 0 Å². The fourth-order valence-corrected chi connectivity index (χ4v) is 6.90. The number of nitrogens with zero attached hydrogens (tertiary/aromatic N) is 3. The number of piperidine rings is 1. The molecule has 1 unspecified atom stereocenters. The van der Waals surface area contributed by atoms with Crippen molar-refractivity contribution in [3.05, 3.63) is 99.9 Å². The van der Waals surface area contributed by atoms with Crippen molar-refractivity contribution in [3.63, 3.8) is 0 Å². The molecule has 0 amide bonds. The molecule has 3 heterocycles. The smallest absolute Gasteiger partial charge is 0.339 e. The van der Waals surface area contributed by atoms with Gasteiger partial charge in [0.25, 0.3) is 0 Å². The maximum absolute atomic E-state index is 11.7. The van der Waals surface area contributed by atoms with E-state index in [1.165, 1.54) is 46.9 Å². The number of aromatic carboxylic acids is 1. The summed E-state index contributed by atoms with van der Waals surface area (Å²) in [5, 5.41) is 17.5. The SMILES string of the molecule is CCc1cc(CC2CCc3cccc(-c4cccc(-n5ncc(C(=O)O)c5CC)n4)c32)ccc1C1CCNCC1. The van der Waals surface area contributed by atoms with Crippen LogP contribution in [-0.4, -0.2) is 38.9 Å². The van der Waals surface area contributed by atoms with Crippen LogP contribution in [0.15, 0.2) is 60.8 Å². The number of aromatic nitrogens is 3. The summed E-state index contributed by atoms with van der Waals surface area (Å²) in [6.07, 6.45) is 8.78. The van der Waals surface area contributed by atoms with Crippen molar-refractivity contribution in [2.24, 2.45) is 0 Å². The number of carboxylic acid groups (broad SMARTS) is 1. The minimum atomic E-state index is -0.960. The molecule has 2 aromatic carbocycles. The number of benzene rings is 2. The van der Waals surface area contributed by atoms with Gasteiger partial charge in [-0.25, -0.2) is 14.5 Å². The molecule has 1 fully saturated rings. The van der Waals surface area contributed by atoms with Crippen LogP contribution in [0.5, 0.6) is 0 Å². The zero-order chi connectivity index (χ0) is 27.6. The first-order valence-corrected chi connectivity index (χ1v) is 14.8. The Balaban J connectivity index is 1.31. The highest BCUT2D eigenvalue weighted by molar-refractivity contribution is 5.88. The van der Waals surface area contributed by atoms with Crippen molar-refractivity contribution in [2.45, 2.75) is 70.6 Å². The van der Waals surface area contributed by atoms with Crippen LogP contribution < -0.4 is 5.32 Å². The molecule has 6 heteroatoms. The Labute approximate surface area is 236 Å². The van der Waals surface area contributed by atoms with Crippen LogP contribution in [0.4, 0.5) is 0 Å². The molecule has 1 aliphatic carbocycles. The lowest BCUT2D eigenvalue weighted by atomic mass is 9.83. The van der Waals surface area contributed by atoms with E-state index in [9.17, 15) is 9.90 Å². The highest BCUT2D eigenvalue weighted by Crippen LogP contribution is 2.42. The maximum Gasteiger partial charge on any atom is 0.339 e. The summed E-state index contributed by atoms with van der Waals surface area (Å²) >= 11 is 0. The van der Waals surface area contributed by atoms with Crippen molar-refractivity contribution in [1.82, 2.24) is 20.1 Å². The van der Waals surface area contributed by atoms with E-state index in [4.69, 9.17) is 4.98 Å². The zero-order valence-electron chi connectivity index (χ0n) is 23.5.